The van der Waals surface area contributed by atoms with Crippen molar-refractivity contribution in [3.63, 3.8) is 0 Å². The van der Waals surface area contributed by atoms with E-state index in [0.29, 0.717) is 116 Å². The van der Waals surface area contributed by atoms with Gasteiger partial charge >= 0.3 is 0 Å². The van der Waals surface area contributed by atoms with Crippen molar-refractivity contribution in [1.29, 1.82) is 0 Å². The van der Waals surface area contributed by atoms with Gasteiger partial charge < -0.3 is 43.6 Å². The zero-order valence-electron chi connectivity index (χ0n) is 18.8. The summed E-state index contributed by atoms with van der Waals surface area (Å²) in [6, 6.07) is 7.38. The Bertz CT molecular complexity index is 526. The molecule has 0 atom stereocenters. The molecule has 0 aromatic heterocycles. The van der Waals surface area contributed by atoms with Crippen molar-refractivity contribution in [2.24, 2.45) is 0 Å². The first-order chi connectivity index (χ1) is 15.8. The van der Waals surface area contributed by atoms with Crippen LogP contribution in [0.4, 0.5) is 5.69 Å². The molecule has 9 nitrogen and oxygen atoms in total. The zero-order chi connectivity index (χ0) is 23.0. The van der Waals surface area contributed by atoms with E-state index in [1.54, 1.807) is 6.07 Å². The maximum Gasteiger partial charge on any atom is 0.142 e. The number of hydrogen-bond donors (Lipinski definition) is 1. The van der Waals surface area contributed by atoms with Gasteiger partial charge in [0.15, 0.2) is 0 Å². The summed E-state index contributed by atoms with van der Waals surface area (Å²) in [4.78, 5) is 0. The van der Waals surface area contributed by atoms with Crippen molar-refractivity contribution in [3.05, 3.63) is 24.3 Å². The standard InChI is InChI=1S/C22H38ClNO8/c23-5-6-25-7-8-26-9-10-27-11-12-28-13-14-29-15-16-30-17-18-31-19-20-32-22-4-2-1-3-21(22)24/h1-4H,5-20,24H2. The number of alkyl halides is 1. The molecule has 0 radical (unpaired) electrons. The van der Waals surface area contributed by atoms with Crippen LogP contribution in [0.2, 0.25) is 0 Å². The molecule has 0 saturated heterocycles. The average Bonchev–Trinajstić information content (AvgIpc) is 2.80. The molecule has 0 amide bonds. The number of hydrogen-bond acceptors (Lipinski definition) is 9. The van der Waals surface area contributed by atoms with Crippen molar-refractivity contribution in [2.45, 2.75) is 0 Å². The monoisotopic (exact) mass is 479 g/mol. The number of benzene rings is 1. The van der Waals surface area contributed by atoms with E-state index in [9.17, 15) is 0 Å². The first-order valence-electron chi connectivity index (χ1n) is 10.9. The topological polar surface area (TPSA) is 99.9 Å². The predicted octanol–water partition coefficient (Wildman–Crippen LogP) is 2.00. The van der Waals surface area contributed by atoms with Crippen LogP contribution in [-0.4, -0.2) is 105 Å². The number of para-hydroxylation sites is 2. The highest BCUT2D eigenvalue weighted by Crippen LogP contribution is 2.19. The maximum absolute atomic E-state index is 5.79. The summed E-state index contributed by atoms with van der Waals surface area (Å²) in [5.41, 5.74) is 6.42. The lowest BCUT2D eigenvalue weighted by Gasteiger charge is -2.09. The largest absolute Gasteiger partial charge is 0.489 e. The molecule has 0 saturated carbocycles. The second-order valence-electron chi connectivity index (χ2n) is 6.36. The Hall–Kier alpha value is -1.17. The van der Waals surface area contributed by atoms with Crippen LogP contribution in [0.5, 0.6) is 5.75 Å². The van der Waals surface area contributed by atoms with Gasteiger partial charge in [0.1, 0.15) is 12.4 Å². The van der Waals surface area contributed by atoms with Crippen molar-refractivity contribution in [3.8, 4) is 5.75 Å². The molecule has 32 heavy (non-hydrogen) atoms. The molecular formula is C22H38ClNO8. The summed E-state index contributed by atoms with van der Waals surface area (Å²) in [6.45, 7) is 7.77. The SMILES string of the molecule is Nc1ccccc1OCCOCCOCCOCCOCCOCCOCCOCCCl. The van der Waals surface area contributed by atoms with Crippen LogP contribution in [0.1, 0.15) is 0 Å². The van der Waals surface area contributed by atoms with Crippen LogP contribution in [0, 0.1) is 0 Å². The number of anilines is 1. The van der Waals surface area contributed by atoms with Crippen molar-refractivity contribution < 1.29 is 37.9 Å². The van der Waals surface area contributed by atoms with Crippen LogP contribution in [0.3, 0.4) is 0 Å². The Morgan fingerprint density at radius 2 is 0.844 bits per heavy atom. The Labute approximate surface area is 196 Å². The minimum Gasteiger partial charge on any atom is -0.489 e. The van der Waals surface area contributed by atoms with E-state index in [1.165, 1.54) is 0 Å². The Morgan fingerprint density at radius 1 is 0.500 bits per heavy atom. The van der Waals surface area contributed by atoms with E-state index in [2.05, 4.69) is 0 Å². The molecule has 0 heterocycles. The smallest absolute Gasteiger partial charge is 0.142 e. The van der Waals surface area contributed by atoms with Gasteiger partial charge in [-0.1, -0.05) is 12.1 Å². The second kappa shape index (κ2) is 23.0. The van der Waals surface area contributed by atoms with Gasteiger partial charge in [0, 0.05) is 5.88 Å². The highest BCUT2D eigenvalue weighted by molar-refractivity contribution is 6.17. The molecule has 10 heteroatoms. The minimum absolute atomic E-state index is 0.445. The molecule has 0 spiro atoms. The summed E-state index contributed by atoms with van der Waals surface area (Å²) < 4.78 is 43.2. The summed E-state index contributed by atoms with van der Waals surface area (Å²) in [5.74, 6) is 1.17. The third-order valence-electron chi connectivity index (χ3n) is 3.86. The fourth-order valence-electron chi connectivity index (χ4n) is 2.30. The van der Waals surface area contributed by atoms with Gasteiger partial charge in [0.25, 0.3) is 0 Å². The molecule has 2 N–H and O–H groups in total. The third kappa shape index (κ3) is 18.4. The van der Waals surface area contributed by atoms with E-state index in [-0.39, 0.29) is 0 Å². The van der Waals surface area contributed by atoms with Crippen molar-refractivity contribution in [2.75, 3.05) is 111 Å². The number of rotatable bonds is 24. The molecule has 0 fully saturated rings. The molecule has 0 aliphatic heterocycles. The van der Waals surface area contributed by atoms with Crippen LogP contribution in [0.15, 0.2) is 24.3 Å². The van der Waals surface area contributed by atoms with Crippen molar-refractivity contribution in [1.82, 2.24) is 0 Å². The van der Waals surface area contributed by atoms with E-state index in [0.717, 1.165) is 0 Å². The van der Waals surface area contributed by atoms with Gasteiger partial charge in [-0.2, -0.15) is 0 Å². The molecule has 1 aromatic carbocycles. The molecular weight excluding hydrogens is 442 g/mol. The number of halogens is 1. The fraction of sp³-hybridized carbons (Fsp3) is 0.727. The van der Waals surface area contributed by atoms with E-state index < -0.39 is 0 Å². The molecule has 0 aliphatic carbocycles. The third-order valence-corrected chi connectivity index (χ3v) is 4.01. The number of nitrogen functional groups attached to an aromatic ring is 1. The summed E-state index contributed by atoms with van der Waals surface area (Å²) >= 11 is 5.49. The number of nitrogens with two attached hydrogens (primary N) is 1. The molecule has 0 bridgehead atoms. The highest BCUT2D eigenvalue weighted by Gasteiger charge is 1.98. The summed E-state index contributed by atoms with van der Waals surface area (Å²) in [5, 5.41) is 0. The normalized spacial score (nSPS) is 11.2. The predicted molar refractivity (Wildman–Crippen MR) is 123 cm³/mol. The molecule has 186 valence electrons. The Balaban J connectivity index is 1.68. The molecule has 0 unspecified atom stereocenters. The average molecular weight is 480 g/mol. The van der Waals surface area contributed by atoms with Gasteiger partial charge in [-0.15, -0.1) is 11.6 Å². The lowest BCUT2D eigenvalue weighted by molar-refractivity contribution is -0.0208. The van der Waals surface area contributed by atoms with E-state index in [1.807, 2.05) is 18.2 Å². The van der Waals surface area contributed by atoms with Gasteiger partial charge in [-0.3, -0.25) is 0 Å². The van der Waals surface area contributed by atoms with E-state index in [4.69, 9.17) is 55.2 Å². The van der Waals surface area contributed by atoms with Gasteiger partial charge in [-0.05, 0) is 12.1 Å². The zero-order valence-corrected chi connectivity index (χ0v) is 19.6. The first-order valence-corrected chi connectivity index (χ1v) is 11.5. The molecule has 1 rings (SSSR count). The Morgan fingerprint density at radius 3 is 1.22 bits per heavy atom. The van der Waals surface area contributed by atoms with Gasteiger partial charge in [-0.25, -0.2) is 0 Å². The lowest BCUT2D eigenvalue weighted by Crippen LogP contribution is -2.15. The minimum atomic E-state index is 0.445. The quantitative estimate of drug-likeness (QED) is 0.135. The lowest BCUT2D eigenvalue weighted by atomic mass is 10.3. The van der Waals surface area contributed by atoms with E-state index >= 15 is 0 Å². The Kier molecular flexibility index (Phi) is 20.7. The van der Waals surface area contributed by atoms with Gasteiger partial charge in [0.2, 0.25) is 0 Å². The summed E-state index contributed by atoms with van der Waals surface area (Å²) in [7, 11) is 0. The van der Waals surface area contributed by atoms with Crippen LogP contribution >= 0.6 is 11.6 Å². The van der Waals surface area contributed by atoms with Crippen LogP contribution < -0.4 is 10.5 Å². The molecule has 1 aromatic rings. The maximum atomic E-state index is 5.79. The van der Waals surface area contributed by atoms with Gasteiger partial charge in [0.05, 0.1) is 98.2 Å². The number of ether oxygens (including phenoxy) is 8. The first kappa shape index (κ1) is 28.9. The fourth-order valence-corrected chi connectivity index (χ4v) is 2.41. The second-order valence-corrected chi connectivity index (χ2v) is 6.74. The highest BCUT2D eigenvalue weighted by atomic mass is 35.5. The summed E-state index contributed by atoms with van der Waals surface area (Å²) in [6.07, 6.45) is 0. The van der Waals surface area contributed by atoms with Crippen LogP contribution in [0.25, 0.3) is 0 Å². The van der Waals surface area contributed by atoms with Crippen LogP contribution in [-0.2, 0) is 33.2 Å². The van der Waals surface area contributed by atoms with Crippen molar-refractivity contribution >= 4 is 17.3 Å². The molecule has 0 aliphatic rings.